The molecule has 0 saturated heterocycles. The van der Waals surface area contributed by atoms with Crippen molar-refractivity contribution in [2.24, 2.45) is 5.73 Å². The van der Waals surface area contributed by atoms with Gasteiger partial charge < -0.3 is 11.1 Å². The second-order valence-electron chi connectivity index (χ2n) is 6.00. The lowest BCUT2D eigenvalue weighted by Gasteiger charge is -2.19. The molecule has 1 amide bonds. The molecule has 130 valence electrons. The summed E-state index contributed by atoms with van der Waals surface area (Å²) in [5.74, 6) is -0.404. The molecular weight excluding hydrogens is 359 g/mol. The normalized spacial score (nSPS) is 17.0. The van der Waals surface area contributed by atoms with Gasteiger partial charge in [-0.2, -0.15) is 0 Å². The number of hydrogen-bond acceptors (Lipinski definition) is 4. The molecule has 0 aromatic heterocycles. The molecule has 1 unspecified atom stereocenters. The van der Waals surface area contributed by atoms with Crippen molar-refractivity contribution in [1.29, 1.82) is 0 Å². The third kappa shape index (κ3) is 5.64. The molecule has 0 spiro atoms. The topological polar surface area (TPSA) is 89.3 Å². The SMILES string of the molecule is CS(=O)(=O)CCC(N)C(=O)NCC1(c2ccccc2Cl)CC1.Cl. The van der Waals surface area contributed by atoms with Gasteiger partial charge in [-0.3, -0.25) is 4.79 Å². The number of amides is 1. The summed E-state index contributed by atoms with van der Waals surface area (Å²) < 4.78 is 22.2. The highest BCUT2D eigenvalue weighted by Gasteiger charge is 2.45. The largest absolute Gasteiger partial charge is 0.354 e. The summed E-state index contributed by atoms with van der Waals surface area (Å²) in [6, 6.07) is 6.82. The average Bonchev–Trinajstić information content (AvgIpc) is 3.23. The van der Waals surface area contributed by atoms with Gasteiger partial charge in [0.2, 0.25) is 5.91 Å². The molecule has 1 fully saturated rings. The number of nitrogens with two attached hydrogens (primary N) is 1. The summed E-state index contributed by atoms with van der Waals surface area (Å²) in [7, 11) is -3.11. The van der Waals surface area contributed by atoms with Crippen molar-refractivity contribution in [2.75, 3.05) is 18.6 Å². The Bertz CT molecular complexity index is 660. The van der Waals surface area contributed by atoms with Gasteiger partial charge in [-0.15, -0.1) is 12.4 Å². The summed E-state index contributed by atoms with van der Waals surface area (Å²) in [6.45, 7) is 0.474. The van der Waals surface area contributed by atoms with Crippen LogP contribution < -0.4 is 11.1 Å². The van der Waals surface area contributed by atoms with Gasteiger partial charge in [-0.1, -0.05) is 29.8 Å². The first kappa shape index (κ1) is 20.2. The van der Waals surface area contributed by atoms with E-state index >= 15 is 0 Å². The van der Waals surface area contributed by atoms with Crippen LogP contribution in [0.1, 0.15) is 24.8 Å². The molecule has 0 bridgehead atoms. The zero-order valence-corrected chi connectivity index (χ0v) is 15.3. The van der Waals surface area contributed by atoms with Gasteiger partial charge in [0.05, 0.1) is 11.8 Å². The molecular formula is C15H22Cl2N2O3S. The van der Waals surface area contributed by atoms with Crippen molar-refractivity contribution in [3.63, 3.8) is 0 Å². The van der Waals surface area contributed by atoms with Crippen LogP contribution >= 0.6 is 24.0 Å². The number of carbonyl (C=O) groups is 1. The Kier molecular flexibility index (Phi) is 6.89. The zero-order chi connectivity index (χ0) is 16.4. The number of halogens is 2. The fourth-order valence-corrected chi connectivity index (χ4v) is 3.46. The Morgan fingerprint density at radius 3 is 2.52 bits per heavy atom. The Balaban J connectivity index is 0.00000264. The summed E-state index contributed by atoms with van der Waals surface area (Å²) in [5, 5.41) is 3.53. The molecule has 0 heterocycles. The summed E-state index contributed by atoms with van der Waals surface area (Å²) >= 11 is 6.22. The van der Waals surface area contributed by atoms with E-state index in [4.69, 9.17) is 17.3 Å². The van der Waals surface area contributed by atoms with Crippen LogP contribution in [-0.4, -0.2) is 38.9 Å². The predicted molar refractivity (Wildman–Crippen MR) is 94.9 cm³/mol. The monoisotopic (exact) mass is 380 g/mol. The summed E-state index contributed by atoms with van der Waals surface area (Å²) in [4.78, 5) is 12.0. The van der Waals surface area contributed by atoms with Crippen molar-refractivity contribution >= 4 is 39.8 Å². The van der Waals surface area contributed by atoms with E-state index in [0.29, 0.717) is 11.6 Å². The average molecular weight is 381 g/mol. The fraction of sp³-hybridized carbons (Fsp3) is 0.533. The van der Waals surface area contributed by atoms with Crippen LogP contribution in [-0.2, 0) is 20.0 Å². The van der Waals surface area contributed by atoms with E-state index < -0.39 is 15.9 Å². The first-order valence-electron chi connectivity index (χ1n) is 7.20. The van der Waals surface area contributed by atoms with Gasteiger partial charge in [0.15, 0.2) is 0 Å². The second kappa shape index (κ2) is 7.83. The molecule has 1 aromatic rings. The number of nitrogens with one attached hydrogen (secondary N) is 1. The van der Waals surface area contributed by atoms with Crippen LogP contribution in [0.2, 0.25) is 5.02 Å². The van der Waals surface area contributed by atoms with Gasteiger partial charge in [0.25, 0.3) is 0 Å². The predicted octanol–water partition coefficient (Wildman–Crippen LogP) is 1.67. The number of rotatable bonds is 7. The maximum Gasteiger partial charge on any atom is 0.236 e. The lowest BCUT2D eigenvalue weighted by atomic mass is 9.95. The molecule has 1 saturated carbocycles. The first-order chi connectivity index (χ1) is 10.2. The van der Waals surface area contributed by atoms with Gasteiger partial charge >= 0.3 is 0 Å². The minimum Gasteiger partial charge on any atom is -0.354 e. The van der Waals surface area contributed by atoms with E-state index in [1.165, 1.54) is 0 Å². The molecule has 23 heavy (non-hydrogen) atoms. The molecule has 2 rings (SSSR count). The Hall–Kier alpha value is -0.820. The van der Waals surface area contributed by atoms with Crippen molar-refractivity contribution in [3.05, 3.63) is 34.9 Å². The standard InChI is InChI=1S/C15H21ClN2O3S.ClH/c1-22(20,21)9-6-13(17)14(19)18-10-15(7-8-15)11-4-2-3-5-12(11)16;/h2-5,13H,6-10,17H2,1H3,(H,18,19);1H. The molecule has 8 heteroatoms. The van der Waals surface area contributed by atoms with Gasteiger partial charge in [-0.25, -0.2) is 8.42 Å². The minimum atomic E-state index is -3.11. The van der Waals surface area contributed by atoms with Crippen LogP contribution in [0.15, 0.2) is 24.3 Å². The molecule has 3 N–H and O–H groups in total. The van der Waals surface area contributed by atoms with Crippen LogP contribution in [0.25, 0.3) is 0 Å². The smallest absolute Gasteiger partial charge is 0.236 e. The maximum atomic E-state index is 12.0. The molecule has 0 aliphatic heterocycles. The molecule has 1 atom stereocenters. The molecule has 1 aliphatic carbocycles. The Labute approximate surface area is 148 Å². The highest BCUT2D eigenvalue weighted by molar-refractivity contribution is 7.90. The fourth-order valence-electron chi connectivity index (χ4n) is 2.44. The molecule has 0 radical (unpaired) electrons. The first-order valence-corrected chi connectivity index (χ1v) is 9.63. The lowest BCUT2D eigenvalue weighted by molar-refractivity contribution is -0.122. The highest BCUT2D eigenvalue weighted by atomic mass is 35.5. The van der Waals surface area contributed by atoms with E-state index in [1.54, 1.807) is 0 Å². The van der Waals surface area contributed by atoms with E-state index in [2.05, 4.69) is 5.32 Å². The van der Waals surface area contributed by atoms with Crippen LogP contribution in [0.4, 0.5) is 0 Å². The lowest BCUT2D eigenvalue weighted by Crippen LogP contribution is -2.44. The number of carbonyl (C=O) groups excluding carboxylic acids is 1. The van der Waals surface area contributed by atoms with Crippen LogP contribution in [0.5, 0.6) is 0 Å². The van der Waals surface area contributed by atoms with E-state index in [1.807, 2.05) is 24.3 Å². The van der Waals surface area contributed by atoms with Crippen LogP contribution in [0.3, 0.4) is 0 Å². The van der Waals surface area contributed by atoms with Crippen LogP contribution in [0, 0.1) is 0 Å². The third-order valence-electron chi connectivity index (χ3n) is 4.04. The van der Waals surface area contributed by atoms with E-state index in [-0.39, 0.29) is 35.9 Å². The number of hydrogen-bond donors (Lipinski definition) is 2. The van der Waals surface area contributed by atoms with Crippen molar-refractivity contribution in [3.8, 4) is 0 Å². The summed E-state index contributed by atoms with van der Waals surface area (Å²) in [5.41, 5.74) is 6.68. The van der Waals surface area contributed by atoms with Crippen molar-refractivity contribution < 1.29 is 13.2 Å². The summed E-state index contributed by atoms with van der Waals surface area (Å²) in [6.07, 6.45) is 3.20. The Morgan fingerprint density at radius 1 is 1.39 bits per heavy atom. The van der Waals surface area contributed by atoms with Gasteiger partial charge in [0.1, 0.15) is 9.84 Å². The highest BCUT2D eigenvalue weighted by Crippen LogP contribution is 2.49. The van der Waals surface area contributed by atoms with Crippen molar-refractivity contribution in [1.82, 2.24) is 5.32 Å². The third-order valence-corrected chi connectivity index (χ3v) is 5.34. The number of sulfone groups is 1. The van der Waals surface area contributed by atoms with Gasteiger partial charge in [-0.05, 0) is 30.9 Å². The molecule has 1 aromatic carbocycles. The second-order valence-corrected chi connectivity index (χ2v) is 8.67. The number of benzene rings is 1. The molecule has 1 aliphatic rings. The molecule has 5 nitrogen and oxygen atoms in total. The zero-order valence-electron chi connectivity index (χ0n) is 12.9. The maximum absolute atomic E-state index is 12.0. The van der Waals surface area contributed by atoms with E-state index in [9.17, 15) is 13.2 Å². The minimum absolute atomic E-state index is 0. The Morgan fingerprint density at radius 2 is 2.00 bits per heavy atom. The quantitative estimate of drug-likeness (QED) is 0.752. The van der Waals surface area contributed by atoms with Gasteiger partial charge in [0, 0.05) is 23.2 Å². The van der Waals surface area contributed by atoms with E-state index in [0.717, 1.165) is 24.7 Å². The van der Waals surface area contributed by atoms with Crippen molar-refractivity contribution in [2.45, 2.75) is 30.7 Å².